The second kappa shape index (κ2) is 3.91. The number of rotatable bonds is 2. The van der Waals surface area contributed by atoms with Crippen LogP contribution in [0.3, 0.4) is 0 Å². The van der Waals surface area contributed by atoms with Crippen molar-refractivity contribution >= 4 is 5.78 Å². The van der Waals surface area contributed by atoms with Gasteiger partial charge >= 0.3 is 0 Å². The van der Waals surface area contributed by atoms with E-state index < -0.39 is 0 Å². The summed E-state index contributed by atoms with van der Waals surface area (Å²) in [6, 6.07) is 0. The standard InChI is InChI=1S/C12H15FO/c1-7(2)12(14)11-8(3)5-6-10(13)9(11)4/h1,5-6H2,2-4H3. The molecule has 0 fully saturated rings. The van der Waals surface area contributed by atoms with Crippen molar-refractivity contribution in [3.63, 3.8) is 0 Å². The Balaban J connectivity index is 3.19. The van der Waals surface area contributed by atoms with Crippen LogP contribution in [0, 0.1) is 0 Å². The molecular weight excluding hydrogens is 179 g/mol. The smallest absolute Gasteiger partial charge is 0.188 e. The monoisotopic (exact) mass is 194 g/mol. The summed E-state index contributed by atoms with van der Waals surface area (Å²) in [4.78, 5) is 11.7. The summed E-state index contributed by atoms with van der Waals surface area (Å²) in [6.45, 7) is 8.79. The third kappa shape index (κ3) is 1.84. The third-order valence-corrected chi connectivity index (χ3v) is 2.54. The van der Waals surface area contributed by atoms with Gasteiger partial charge in [0.15, 0.2) is 5.78 Å². The Morgan fingerprint density at radius 2 is 1.93 bits per heavy atom. The molecule has 0 saturated carbocycles. The fraction of sp³-hybridized carbons (Fsp3) is 0.417. The van der Waals surface area contributed by atoms with E-state index in [4.69, 9.17) is 0 Å². The first-order valence-corrected chi connectivity index (χ1v) is 4.70. The second-order valence-electron chi connectivity index (χ2n) is 3.79. The Morgan fingerprint density at radius 3 is 2.43 bits per heavy atom. The van der Waals surface area contributed by atoms with Crippen LogP contribution in [-0.2, 0) is 4.79 Å². The molecule has 76 valence electrons. The fourth-order valence-electron chi connectivity index (χ4n) is 1.64. The Hall–Kier alpha value is -1.18. The highest BCUT2D eigenvalue weighted by Crippen LogP contribution is 2.32. The van der Waals surface area contributed by atoms with Gasteiger partial charge in [-0.25, -0.2) is 4.39 Å². The number of halogens is 1. The molecule has 0 unspecified atom stereocenters. The molecule has 0 spiro atoms. The zero-order valence-electron chi connectivity index (χ0n) is 8.91. The van der Waals surface area contributed by atoms with Crippen molar-refractivity contribution in [2.24, 2.45) is 0 Å². The first-order chi connectivity index (χ1) is 6.45. The number of carbonyl (C=O) groups excluding carboxylic acids is 1. The lowest BCUT2D eigenvalue weighted by Gasteiger charge is -2.17. The molecule has 1 nitrogen and oxygen atoms in total. The molecule has 0 saturated heterocycles. The molecule has 0 atom stereocenters. The molecule has 0 N–H and O–H groups in total. The van der Waals surface area contributed by atoms with Crippen LogP contribution in [-0.4, -0.2) is 5.78 Å². The van der Waals surface area contributed by atoms with Crippen LogP contribution in [0.15, 0.2) is 34.7 Å². The minimum Gasteiger partial charge on any atom is -0.289 e. The summed E-state index contributed by atoms with van der Waals surface area (Å²) in [6.07, 6.45) is 1.06. The lowest BCUT2D eigenvalue weighted by Crippen LogP contribution is -2.11. The van der Waals surface area contributed by atoms with E-state index in [0.717, 1.165) is 5.57 Å². The number of hydrogen-bond donors (Lipinski definition) is 0. The van der Waals surface area contributed by atoms with Gasteiger partial charge in [-0.05, 0) is 38.3 Å². The van der Waals surface area contributed by atoms with Gasteiger partial charge in [0.1, 0.15) is 5.83 Å². The minimum absolute atomic E-state index is 0.130. The van der Waals surface area contributed by atoms with E-state index in [0.29, 0.717) is 29.6 Å². The molecule has 2 heteroatoms. The van der Waals surface area contributed by atoms with Crippen molar-refractivity contribution < 1.29 is 9.18 Å². The first-order valence-electron chi connectivity index (χ1n) is 4.70. The Kier molecular flexibility index (Phi) is 3.04. The highest BCUT2D eigenvalue weighted by Gasteiger charge is 2.22. The van der Waals surface area contributed by atoms with Crippen molar-refractivity contribution in [1.29, 1.82) is 0 Å². The van der Waals surface area contributed by atoms with Gasteiger partial charge in [-0.3, -0.25) is 4.79 Å². The van der Waals surface area contributed by atoms with E-state index in [1.54, 1.807) is 13.8 Å². The average Bonchev–Trinajstić information content (AvgIpc) is 2.12. The van der Waals surface area contributed by atoms with E-state index >= 15 is 0 Å². The van der Waals surface area contributed by atoms with E-state index in [-0.39, 0.29) is 11.6 Å². The van der Waals surface area contributed by atoms with E-state index in [2.05, 4.69) is 6.58 Å². The van der Waals surface area contributed by atoms with Gasteiger partial charge in [-0.1, -0.05) is 12.2 Å². The maximum absolute atomic E-state index is 13.3. The lowest BCUT2D eigenvalue weighted by molar-refractivity contribution is -0.112. The molecule has 1 aliphatic carbocycles. The topological polar surface area (TPSA) is 17.1 Å². The van der Waals surface area contributed by atoms with Crippen LogP contribution in [0.25, 0.3) is 0 Å². The second-order valence-corrected chi connectivity index (χ2v) is 3.79. The van der Waals surface area contributed by atoms with E-state index in [1.807, 2.05) is 6.92 Å². The highest BCUT2D eigenvalue weighted by molar-refractivity contribution is 6.11. The number of hydrogen-bond acceptors (Lipinski definition) is 1. The number of Topliss-reactive ketones (excluding diaryl/α,β-unsaturated/α-hetero) is 1. The molecule has 0 aliphatic heterocycles. The van der Waals surface area contributed by atoms with Gasteiger partial charge in [0.2, 0.25) is 0 Å². The van der Waals surface area contributed by atoms with Crippen LogP contribution in [0.1, 0.15) is 33.6 Å². The minimum atomic E-state index is -0.166. The van der Waals surface area contributed by atoms with Crippen molar-refractivity contribution in [1.82, 2.24) is 0 Å². The van der Waals surface area contributed by atoms with Crippen molar-refractivity contribution in [2.45, 2.75) is 33.6 Å². The maximum Gasteiger partial charge on any atom is 0.188 e. The van der Waals surface area contributed by atoms with Crippen molar-refractivity contribution in [2.75, 3.05) is 0 Å². The maximum atomic E-state index is 13.3. The Morgan fingerprint density at radius 1 is 1.36 bits per heavy atom. The number of carbonyl (C=O) groups is 1. The van der Waals surface area contributed by atoms with Crippen LogP contribution < -0.4 is 0 Å². The first kappa shape index (κ1) is 10.9. The van der Waals surface area contributed by atoms with Crippen molar-refractivity contribution in [3.05, 3.63) is 34.7 Å². The molecule has 0 bridgehead atoms. The molecule has 1 rings (SSSR count). The SMILES string of the molecule is C=C(C)C(=O)C1=C(C)CCC(F)=C1C. The predicted molar refractivity (Wildman–Crippen MR) is 55.6 cm³/mol. The number of ketones is 1. The Bertz CT molecular complexity index is 359. The van der Waals surface area contributed by atoms with Gasteiger partial charge in [0.25, 0.3) is 0 Å². The molecule has 1 aliphatic rings. The molecule has 0 heterocycles. The molecule has 0 aromatic carbocycles. The largest absolute Gasteiger partial charge is 0.289 e. The lowest BCUT2D eigenvalue weighted by atomic mass is 9.87. The van der Waals surface area contributed by atoms with Gasteiger partial charge in [0, 0.05) is 12.0 Å². The molecule has 14 heavy (non-hydrogen) atoms. The number of allylic oxidation sites excluding steroid dienone is 5. The third-order valence-electron chi connectivity index (χ3n) is 2.54. The van der Waals surface area contributed by atoms with Gasteiger partial charge < -0.3 is 0 Å². The quantitative estimate of drug-likeness (QED) is 0.615. The van der Waals surface area contributed by atoms with E-state index in [1.165, 1.54) is 0 Å². The zero-order chi connectivity index (χ0) is 10.9. The normalized spacial score (nSPS) is 17.4. The van der Waals surface area contributed by atoms with Crippen LogP contribution in [0.4, 0.5) is 4.39 Å². The summed E-state index contributed by atoms with van der Waals surface area (Å²) in [5.41, 5.74) is 2.45. The molecule has 0 aromatic rings. The molecule has 0 aromatic heterocycles. The fourth-order valence-corrected chi connectivity index (χ4v) is 1.64. The molecule has 0 radical (unpaired) electrons. The van der Waals surface area contributed by atoms with Gasteiger partial charge in [-0.15, -0.1) is 0 Å². The summed E-state index contributed by atoms with van der Waals surface area (Å²) in [5, 5.41) is 0. The van der Waals surface area contributed by atoms with Gasteiger partial charge in [0.05, 0.1) is 0 Å². The summed E-state index contributed by atoms with van der Waals surface area (Å²) >= 11 is 0. The average molecular weight is 194 g/mol. The highest BCUT2D eigenvalue weighted by atomic mass is 19.1. The van der Waals surface area contributed by atoms with Gasteiger partial charge in [-0.2, -0.15) is 0 Å². The summed E-state index contributed by atoms with van der Waals surface area (Å²) < 4.78 is 13.3. The Labute approximate surface area is 84.0 Å². The zero-order valence-corrected chi connectivity index (χ0v) is 8.91. The van der Waals surface area contributed by atoms with E-state index in [9.17, 15) is 9.18 Å². The predicted octanol–water partition coefficient (Wildman–Crippen LogP) is 3.49. The molecule has 0 amide bonds. The van der Waals surface area contributed by atoms with Crippen LogP contribution >= 0.6 is 0 Å². The van der Waals surface area contributed by atoms with Crippen LogP contribution in [0.2, 0.25) is 0 Å². The van der Waals surface area contributed by atoms with Crippen LogP contribution in [0.5, 0.6) is 0 Å². The summed E-state index contributed by atoms with van der Waals surface area (Å²) in [5.74, 6) is -0.296. The van der Waals surface area contributed by atoms with Crippen molar-refractivity contribution in [3.8, 4) is 0 Å². The summed E-state index contributed by atoms with van der Waals surface area (Å²) in [7, 11) is 0. The molecular formula is C12H15FO.